The number of nitrogens with zero attached hydrogens (tertiary/aromatic N) is 2. The molecule has 1 saturated heterocycles. The number of ether oxygens (including phenoxy) is 1. The topological polar surface area (TPSA) is 99.2 Å². The number of alkyl halides is 3. The molecule has 168 valence electrons. The summed E-state index contributed by atoms with van der Waals surface area (Å²) in [6, 6.07) is 10.0. The second-order valence-electron chi connectivity index (χ2n) is 6.79. The van der Waals surface area contributed by atoms with Crippen LogP contribution in [-0.4, -0.2) is 67.7 Å². The lowest BCUT2D eigenvalue weighted by Gasteiger charge is -2.33. The smallest absolute Gasteiger partial charge is 0.508 e. The number of nitrogens with one attached hydrogen (secondary N) is 1. The fraction of sp³-hybridized carbons (Fsp3) is 0.316. The van der Waals surface area contributed by atoms with E-state index in [0.29, 0.717) is 18.8 Å². The van der Waals surface area contributed by atoms with Gasteiger partial charge in [-0.1, -0.05) is 0 Å². The van der Waals surface area contributed by atoms with Gasteiger partial charge in [0.1, 0.15) is 11.5 Å². The Morgan fingerprint density at radius 2 is 1.58 bits per heavy atom. The Balaban J connectivity index is 1.53. The van der Waals surface area contributed by atoms with Crippen LogP contribution in [0.5, 0.6) is 11.5 Å². The Bertz CT molecular complexity index is 1000. The molecule has 12 heteroatoms. The number of piperazine rings is 1. The van der Waals surface area contributed by atoms with E-state index in [1.807, 2.05) is 0 Å². The number of phenolic OH excluding ortho intramolecular Hbond substituents is 1. The summed E-state index contributed by atoms with van der Waals surface area (Å²) in [7, 11) is -3.88. The van der Waals surface area contributed by atoms with Gasteiger partial charge in [-0.2, -0.15) is 4.31 Å². The Morgan fingerprint density at radius 1 is 1.00 bits per heavy atom. The average molecular weight is 459 g/mol. The van der Waals surface area contributed by atoms with Gasteiger partial charge in [-0.15, -0.1) is 13.2 Å². The predicted octanol–water partition coefficient (Wildman–Crippen LogP) is 2.24. The van der Waals surface area contributed by atoms with Gasteiger partial charge < -0.3 is 15.2 Å². The van der Waals surface area contributed by atoms with Crippen LogP contribution >= 0.6 is 0 Å². The zero-order valence-electron chi connectivity index (χ0n) is 16.2. The van der Waals surface area contributed by atoms with Crippen LogP contribution in [0.15, 0.2) is 53.4 Å². The third kappa shape index (κ3) is 6.32. The number of carbonyl (C=O) groups excluding carboxylic acids is 1. The molecule has 2 aromatic carbocycles. The van der Waals surface area contributed by atoms with Crippen molar-refractivity contribution in [3.05, 3.63) is 48.5 Å². The summed E-state index contributed by atoms with van der Waals surface area (Å²) < 4.78 is 67.1. The third-order valence-corrected chi connectivity index (χ3v) is 6.46. The van der Waals surface area contributed by atoms with E-state index in [1.165, 1.54) is 16.4 Å². The molecule has 0 aromatic heterocycles. The SMILES string of the molecule is O=C(CN1CCN(S(=O)(=O)c2ccc(OC(F)(F)F)cc2)CC1)Nc1ccc(O)cc1. The second-order valence-corrected chi connectivity index (χ2v) is 8.73. The minimum absolute atomic E-state index is 0.0677. The number of aromatic hydroxyl groups is 1. The molecular weight excluding hydrogens is 439 g/mol. The molecule has 8 nitrogen and oxygen atoms in total. The van der Waals surface area contributed by atoms with Crippen LogP contribution in [0, 0.1) is 0 Å². The number of carbonyl (C=O) groups is 1. The van der Waals surface area contributed by atoms with Gasteiger partial charge in [-0.25, -0.2) is 8.42 Å². The largest absolute Gasteiger partial charge is 0.573 e. The molecule has 1 heterocycles. The van der Waals surface area contributed by atoms with E-state index in [2.05, 4.69) is 10.1 Å². The van der Waals surface area contributed by atoms with Gasteiger partial charge >= 0.3 is 6.36 Å². The van der Waals surface area contributed by atoms with Crippen molar-refractivity contribution in [2.24, 2.45) is 0 Å². The zero-order valence-corrected chi connectivity index (χ0v) is 17.0. The number of hydrogen-bond donors (Lipinski definition) is 2. The van der Waals surface area contributed by atoms with Gasteiger partial charge in [-0.05, 0) is 48.5 Å². The molecule has 0 unspecified atom stereocenters. The Kier molecular flexibility index (Phi) is 6.72. The first kappa shape index (κ1) is 22.8. The van der Waals surface area contributed by atoms with E-state index in [0.717, 1.165) is 24.3 Å². The molecule has 1 aliphatic heterocycles. The standard InChI is InChI=1S/C19H20F3N3O5S/c20-19(21,22)30-16-5-7-17(8-6-16)31(28,29)25-11-9-24(10-12-25)13-18(27)23-14-1-3-15(26)4-2-14/h1-8,26H,9-13H2,(H,23,27). The van der Waals surface area contributed by atoms with Gasteiger partial charge in [0.05, 0.1) is 11.4 Å². The molecule has 3 rings (SSSR count). The molecular formula is C19H20F3N3O5S. The normalized spacial score (nSPS) is 16.1. The van der Waals surface area contributed by atoms with Crippen molar-refractivity contribution in [2.45, 2.75) is 11.3 Å². The molecule has 0 radical (unpaired) electrons. The maximum absolute atomic E-state index is 12.7. The van der Waals surface area contributed by atoms with E-state index >= 15 is 0 Å². The Morgan fingerprint density at radius 3 is 2.13 bits per heavy atom. The van der Waals surface area contributed by atoms with Crippen molar-refractivity contribution in [3.63, 3.8) is 0 Å². The van der Waals surface area contributed by atoms with E-state index in [9.17, 15) is 31.5 Å². The van der Waals surface area contributed by atoms with Crippen molar-refractivity contribution in [1.82, 2.24) is 9.21 Å². The van der Waals surface area contributed by atoms with Crippen molar-refractivity contribution in [1.29, 1.82) is 0 Å². The van der Waals surface area contributed by atoms with Gasteiger partial charge in [0, 0.05) is 31.9 Å². The summed E-state index contributed by atoms with van der Waals surface area (Å²) in [5.74, 6) is -0.698. The summed E-state index contributed by atoms with van der Waals surface area (Å²) in [4.78, 5) is 13.8. The van der Waals surface area contributed by atoms with Crippen molar-refractivity contribution >= 4 is 21.6 Å². The van der Waals surface area contributed by atoms with Crippen LogP contribution in [0.2, 0.25) is 0 Å². The minimum atomic E-state index is -4.86. The average Bonchev–Trinajstić information content (AvgIpc) is 2.69. The number of hydrogen-bond acceptors (Lipinski definition) is 6. The number of halogens is 3. The Hall–Kier alpha value is -2.83. The lowest BCUT2D eigenvalue weighted by atomic mass is 10.3. The molecule has 0 bridgehead atoms. The fourth-order valence-electron chi connectivity index (χ4n) is 3.04. The summed E-state index contributed by atoms with van der Waals surface area (Å²) in [5.41, 5.74) is 0.530. The van der Waals surface area contributed by atoms with Crippen LogP contribution in [-0.2, 0) is 14.8 Å². The quantitative estimate of drug-likeness (QED) is 0.643. The van der Waals surface area contributed by atoms with Crippen LogP contribution in [0.3, 0.4) is 0 Å². The molecule has 1 fully saturated rings. The number of anilines is 1. The monoisotopic (exact) mass is 459 g/mol. The van der Waals surface area contributed by atoms with Gasteiger partial charge in [0.2, 0.25) is 15.9 Å². The molecule has 0 saturated carbocycles. The van der Waals surface area contributed by atoms with E-state index in [1.54, 1.807) is 17.0 Å². The molecule has 0 aliphatic carbocycles. The molecule has 0 atom stereocenters. The molecule has 0 spiro atoms. The first-order chi connectivity index (χ1) is 14.5. The van der Waals surface area contributed by atoms with Crippen LogP contribution < -0.4 is 10.1 Å². The van der Waals surface area contributed by atoms with E-state index < -0.39 is 22.1 Å². The van der Waals surface area contributed by atoms with Crippen LogP contribution in [0.4, 0.5) is 18.9 Å². The predicted molar refractivity (Wildman–Crippen MR) is 105 cm³/mol. The van der Waals surface area contributed by atoms with Gasteiger partial charge in [0.15, 0.2) is 0 Å². The second kappa shape index (κ2) is 9.12. The van der Waals surface area contributed by atoms with E-state index in [4.69, 9.17) is 0 Å². The number of benzene rings is 2. The van der Waals surface area contributed by atoms with E-state index in [-0.39, 0.29) is 36.2 Å². The zero-order chi connectivity index (χ0) is 22.6. The number of rotatable bonds is 6. The highest BCUT2D eigenvalue weighted by atomic mass is 32.2. The summed E-state index contributed by atoms with van der Waals surface area (Å²) >= 11 is 0. The summed E-state index contributed by atoms with van der Waals surface area (Å²) in [6.07, 6.45) is -4.86. The molecule has 1 aliphatic rings. The third-order valence-electron chi connectivity index (χ3n) is 4.54. The van der Waals surface area contributed by atoms with Gasteiger partial charge in [-0.3, -0.25) is 9.69 Å². The number of sulfonamides is 1. The Labute approximate surface area is 176 Å². The summed E-state index contributed by atoms with van der Waals surface area (Å²) in [5, 5.41) is 11.9. The highest BCUT2D eigenvalue weighted by molar-refractivity contribution is 7.89. The van der Waals surface area contributed by atoms with Crippen LogP contribution in [0.1, 0.15) is 0 Å². The van der Waals surface area contributed by atoms with Crippen molar-refractivity contribution in [2.75, 3.05) is 38.0 Å². The lowest BCUT2D eigenvalue weighted by Crippen LogP contribution is -2.50. The molecule has 2 N–H and O–H groups in total. The number of amides is 1. The molecule has 2 aromatic rings. The first-order valence-electron chi connectivity index (χ1n) is 9.20. The first-order valence-corrected chi connectivity index (χ1v) is 10.6. The van der Waals surface area contributed by atoms with Gasteiger partial charge in [0.25, 0.3) is 0 Å². The maximum atomic E-state index is 12.7. The maximum Gasteiger partial charge on any atom is 0.573 e. The lowest BCUT2D eigenvalue weighted by molar-refractivity contribution is -0.274. The van der Waals surface area contributed by atoms with Crippen molar-refractivity contribution in [3.8, 4) is 11.5 Å². The number of phenols is 1. The minimum Gasteiger partial charge on any atom is -0.508 e. The van der Waals surface area contributed by atoms with Crippen LogP contribution in [0.25, 0.3) is 0 Å². The van der Waals surface area contributed by atoms with Crippen molar-refractivity contribution < 1.29 is 36.2 Å². The fourth-order valence-corrected chi connectivity index (χ4v) is 4.46. The summed E-state index contributed by atoms with van der Waals surface area (Å²) in [6.45, 7) is 0.971. The molecule has 31 heavy (non-hydrogen) atoms. The highest BCUT2D eigenvalue weighted by Crippen LogP contribution is 2.25. The highest BCUT2D eigenvalue weighted by Gasteiger charge is 2.32. The molecule has 1 amide bonds.